The van der Waals surface area contributed by atoms with Crippen molar-refractivity contribution in [2.75, 3.05) is 6.26 Å². The van der Waals surface area contributed by atoms with Crippen LogP contribution in [-0.2, 0) is 22.9 Å². The van der Waals surface area contributed by atoms with Crippen LogP contribution in [0.15, 0.2) is 57.8 Å². The molecule has 0 radical (unpaired) electrons. The van der Waals surface area contributed by atoms with Crippen LogP contribution < -0.4 is 4.74 Å². The van der Waals surface area contributed by atoms with Crippen molar-refractivity contribution in [3.8, 4) is 17.2 Å². The van der Waals surface area contributed by atoms with Crippen molar-refractivity contribution in [2.45, 2.75) is 51.5 Å². The molecule has 6 nitrogen and oxygen atoms in total. The average molecular weight is 455 g/mol. The minimum absolute atomic E-state index is 0.294. The zero-order valence-corrected chi connectivity index (χ0v) is 19.8. The molecule has 0 aliphatic rings. The van der Waals surface area contributed by atoms with Gasteiger partial charge in [-0.05, 0) is 74.1 Å². The van der Waals surface area contributed by atoms with Gasteiger partial charge in [0.1, 0.15) is 18.1 Å². The van der Waals surface area contributed by atoms with Crippen LogP contribution in [0, 0.1) is 18.3 Å². The lowest BCUT2D eigenvalue weighted by Crippen LogP contribution is -2.10. The van der Waals surface area contributed by atoms with Gasteiger partial charge in [-0.15, -0.1) is 0 Å². The van der Waals surface area contributed by atoms with E-state index in [9.17, 15) is 8.42 Å². The second-order valence-electron chi connectivity index (χ2n) is 8.09. The van der Waals surface area contributed by atoms with E-state index in [1.54, 1.807) is 24.3 Å². The Balaban J connectivity index is 1.60. The molecular weight excluding hydrogens is 424 g/mol. The second kappa shape index (κ2) is 10.1. The van der Waals surface area contributed by atoms with Gasteiger partial charge in [-0.25, -0.2) is 13.4 Å². The van der Waals surface area contributed by atoms with Crippen LogP contribution in [0.3, 0.4) is 0 Å². The maximum absolute atomic E-state index is 11.5. The number of sulfone groups is 1. The smallest absolute Gasteiger partial charge is 0.226 e. The molecule has 1 atom stereocenters. The third-order valence-corrected chi connectivity index (χ3v) is 6.72. The standard InChI is InChI=1S/C25H30N2O4S/c1-5-17(2)23(26)14-15-24-18(3)31-25(27-24)20-8-10-21(11-9-20)30-16-19-6-12-22(13-7-19)32(4,28)29/h6-13,17,26H,5,14-16H2,1-4H3. The molecule has 0 aliphatic carbocycles. The summed E-state index contributed by atoms with van der Waals surface area (Å²) < 4.78 is 34.8. The fourth-order valence-electron chi connectivity index (χ4n) is 3.22. The number of nitrogens with one attached hydrogen (secondary N) is 1. The van der Waals surface area contributed by atoms with E-state index in [0.29, 0.717) is 41.9 Å². The molecular formula is C25H30N2O4S. The highest BCUT2D eigenvalue weighted by Gasteiger charge is 2.14. The Bertz CT molecular complexity index is 1160. The molecule has 0 bridgehead atoms. The van der Waals surface area contributed by atoms with Gasteiger partial charge in [-0.1, -0.05) is 26.0 Å². The maximum Gasteiger partial charge on any atom is 0.226 e. The SMILES string of the molecule is CCC(C)C(=N)CCc1nc(-c2ccc(OCc3ccc(S(C)(=O)=O)cc3)cc2)oc1C. The van der Waals surface area contributed by atoms with Crippen LogP contribution in [0.4, 0.5) is 0 Å². The number of hydrogen-bond donors (Lipinski definition) is 1. The van der Waals surface area contributed by atoms with E-state index in [1.807, 2.05) is 31.2 Å². The van der Waals surface area contributed by atoms with Gasteiger partial charge in [-0.3, -0.25) is 0 Å². The first-order valence-electron chi connectivity index (χ1n) is 10.7. The minimum Gasteiger partial charge on any atom is -0.489 e. The lowest BCUT2D eigenvalue weighted by atomic mass is 9.98. The molecule has 3 aromatic rings. The largest absolute Gasteiger partial charge is 0.489 e. The number of hydrogen-bond acceptors (Lipinski definition) is 6. The molecule has 0 amide bonds. The first kappa shape index (κ1) is 23.7. The first-order chi connectivity index (χ1) is 15.2. The normalized spacial score (nSPS) is 12.5. The summed E-state index contributed by atoms with van der Waals surface area (Å²) in [6, 6.07) is 14.2. The Kier molecular flexibility index (Phi) is 7.51. The van der Waals surface area contributed by atoms with Crippen molar-refractivity contribution < 1.29 is 17.6 Å². The number of aromatic nitrogens is 1. The van der Waals surface area contributed by atoms with E-state index in [-0.39, 0.29) is 0 Å². The molecule has 1 heterocycles. The van der Waals surface area contributed by atoms with Crippen LogP contribution in [0.25, 0.3) is 11.5 Å². The predicted octanol–water partition coefficient (Wildman–Crippen LogP) is 5.63. The molecule has 1 N–H and O–H groups in total. The van der Waals surface area contributed by atoms with E-state index < -0.39 is 9.84 Å². The fraction of sp³-hybridized carbons (Fsp3) is 0.360. The number of rotatable bonds is 10. The zero-order chi connectivity index (χ0) is 23.3. The Hall–Kier alpha value is -2.93. The van der Waals surface area contributed by atoms with Gasteiger partial charge in [0, 0.05) is 17.5 Å². The third-order valence-electron chi connectivity index (χ3n) is 5.59. The van der Waals surface area contributed by atoms with Crippen LogP contribution >= 0.6 is 0 Å². The topological polar surface area (TPSA) is 93.2 Å². The van der Waals surface area contributed by atoms with Gasteiger partial charge in [0.2, 0.25) is 5.89 Å². The van der Waals surface area contributed by atoms with Crippen molar-refractivity contribution >= 4 is 15.5 Å². The second-order valence-corrected chi connectivity index (χ2v) is 10.1. The lowest BCUT2D eigenvalue weighted by molar-refractivity contribution is 0.306. The summed E-state index contributed by atoms with van der Waals surface area (Å²) in [7, 11) is -3.20. The summed E-state index contributed by atoms with van der Waals surface area (Å²) in [6.45, 7) is 6.43. The molecule has 0 aliphatic heterocycles. The summed E-state index contributed by atoms with van der Waals surface area (Å²) in [4.78, 5) is 4.93. The van der Waals surface area contributed by atoms with Gasteiger partial charge in [0.15, 0.2) is 9.84 Å². The van der Waals surface area contributed by atoms with Crippen molar-refractivity contribution in [1.29, 1.82) is 5.41 Å². The van der Waals surface area contributed by atoms with Crippen molar-refractivity contribution in [2.24, 2.45) is 5.92 Å². The third kappa shape index (κ3) is 6.07. The van der Waals surface area contributed by atoms with Crippen LogP contribution in [0.1, 0.15) is 43.7 Å². The molecule has 3 rings (SSSR count). The Morgan fingerprint density at radius 2 is 1.78 bits per heavy atom. The van der Waals surface area contributed by atoms with E-state index in [2.05, 4.69) is 18.8 Å². The Labute approximate surface area is 190 Å². The van der Waals surface area contributed by atoms with Crippen molar-refractivity contribution in [3.05, 3.63) is 65.5 Å². The quantitative estimate of drug-likeness (QED) is 0.401. The highest BCUT2D eigenvalue weighted by Crippen LogP contribution is 2.25. The molecule has 7 heteroatoms. The van der Waals surface area contributed by atoms with Crippen molar-refractivity contribution in [3.63, 3.8) is 0 Å². The summed E-state index contributed by atoms with van der Waals surface area (Å²) in [5.74, 6) is 2.35. The maximum atomic E-state index is 11.5. The highest BCUT2D eigenvalue weighted by molar-refractivity contribution is 7.90. The molecule has 0 saturated carbocycles. The van der Waals surface area contributed by atoms with E-state index in [0.717, 1.165) is 34.7 Å². The average Bonchev–Trinajstić information content (AvgIpc) is 3.16. The molecule has 0 spiro atoms. The molecule has 1 unspecified atom stereocenters. The minimum atomic E-state index is -3.20. The fourth-order valence-corrected chi connectivity index (χ4v) is 3.85. The Morgan fingerprint density at radius 1 is 1.12 bits per heavy atom. The summed E-state index contributed by atoms with van der Waals surface area (Å²) in [6.07, 6.45) is 3.57. The van der Waals surface area contributed by atoms with Crippen LogP contribution in [-0.4, -0.2) is 25.4 Å². The van der Waals surface area contributed by atoms with Gasteiger partial charge in [0.25, 0.3) is 0 Å². The summed E-state index contributed by atoms with van der Waals surface area (Å²) in [5.41, 5.74) is 3.40. The van der Waals surface area contributed by atoms with E-state index >= 15 is 0 Å². The van der Waals surface area contributed by atoms with Gasteiger partial charge in [-0.2, -0.15) is 0 Å². The highest BCUT2D eigenvalue weighted by atomic mass is 32.2. The number of oxazole rings is 1. The number of nitrogens with zero attached hydrogens (tertiary/aromatic N) is 1. The molecule has 170 valence electrons. The van der Waals surface area contributed by atoms with Crippen molar-refractivity contribution in [1.82, 2.24) is 4.98 Å². The van der Waals surface area contributed by atoms with E-state index in [4.69, 9.17) is 14.6 Å². The number of aryl methyl sites for hydroxylation is 2. The molecule has 0 saturated heterocycles. The van der Waals surface area contributed by atoms with Gasteiger partial charge < -0.3 is 14.6 Å². The molecule has 1 aromatic heterocycles. The predicted molar refractivity (Wildman–Crippen MR) is 126 cm³/mol. The van der Waals surface area contributed by atoms with Gasteiger partial charge >= 0.3 is 0 Å². The zero-order valence-electron chi connectivity index (χ0n) is 19.0. The number of benzene rings is 2. The molecule has 0 fully saturated rings. The van der Waals surface area contributed by atoms with E-state index in [1.165, 1.54) is 6.26 Å². The van der Waals surface area contributed by atoms with Crippen LogP contribution in [0.2, 0.25) is 0 Å². The molecule has 2 aromatic carbocycles. The summed E-state index contributed by atoms with van der Waals surface area (Å²) in [5, 5.41) is 8.15. The first-order valence-corrected chi connectivity index (χ1v) is 12.6. The Morgan fingerprint density at radius 3 is 2.38 bits per heavy atom. The lowest BCUT2D eigenvalue weighted by Gasteiger charge is -2.09. The summed E-state index contributed by atoms with van der Waals surface area (Å²) >= 11 is 0. The van der Waals surface area contributed by atoms with Crippen LogP contribution in [0.5, 0.6) is 5.75 Å². The van der Waals surface area contributed by atoms with Gasteiger partial charge in [0.05, 0.1) is 10.6 Å². The number of ether oxygens (including phenoxy) is 1. The monoisotopic (exact) mass is 454 g/mol. The molecule has 32 heavy (non-hydrogen) atoms.